The van der Waals surface area contributed by atoms with E-state index >= 15 is 0 Å². The van der Waals surface area contributed by atoms with Crippen molar-refractivity contribution in [2.75, 3.05) is 0 Å². The van der Waals surface area contributed by atoms with Gasteiger partial charge in [0.2, 0.25) is 0 Å². The van der Waals surface area contributed by atoms with Gasteiger partial charge in [-0.2, -0.15) is 0 Å². The predicted molar refractivity (Wildman–Crippen MR) is 66.9 cm³/mol. The van der Waals surface area contributed by atoms with Crippen LogP contribution in [0.4, 0.5) is 0 Å². The third-order valence-corrected chi connectivity index (χ3v) is 2.42. The molecule has 0 radical (unpaired) electrons. The quantitative estimate of drug-likeness (QED) is 0.689. The van der Waals surface area contributed by atoms with Crippen LogP contribution in [0.5, 0.6) is 0 Å². The Morgan fingerprint density at radius 1 is 1.27 bits per heavy atom. The van der Waals surface area contributed by atoms with E-state index in [9.17, 15) is 0 Å². The summed E-state index contributed by atoms with van der Waals surface area (Å²) < 4.78 is 0. The van der Waals surface area contributed by atoms with Gasteiger partial charge < -0.3 is 4.98 Å². The topological polar surface area (TPSA) is 15.8 Å². The Hall–Kier alpha value is -1.24. The van der Waals surface area contributed by atoms with Crippen molar-refractivity contribution in [2.45, 2.75) is 40.0 Å². The third kappa shape index (κ3) is 5.26. The molecule has 0 unspecified atom stereocenters. The molecule has 0 saturated carbocycles. The molecule has 82 valence electrons. The van der Waals surface area contributed by atoms with Crippen molar-refractivity contribution < 1.29 is 0 Å². The molecule has 0 amide bonds. The van der Waals surface area contributed by atoms with Crippen molar-refractivity contribution in [3.63, 3.8) is 0 Å². The molecule has 15 heavy (non-hydrogen) atoms. The summed E-state index contributed by atoms with van der Waals surface area (Å²) in [7, 11) is 0. The molecule has 1 aromatic heterocycles. The van der Waals surface area contributed by atoms with Crippen LogP contribution < -0.4 is 0 Å². The maximum Gasteiger partial charge on any atom is 0.0185 e. The molecular weight excluding hydrogens is 182 g/mol. The SMILES string of the molecule is CC(C)=CCC/C(C)=C/Cc1ccc[nH]1. The van der Waals surface area contributed by atoms with E-state index in [1.54, 1.807) is 0 Å². The van der Waals surface area contributed by atoms with E-state index in [4.69, 9.17) is 0 Å². The first kappa shape index (κ1) is 11.8. The second-order valence-corrected chi connectivity index (χ2v) is 4.27. The molecule has 1 N–H and O–H groups in total. The summed E-state index contributed by atoms with van der Waals surface area (Å²) in [6, 6.07) is 4.17. The molecule has 0 aliphatic heterocycles. The van der Waals surface area contributed by atoms with Gasteiger partial charge in [-0.05, 0) is 45.7 Å². The maximum atomic E-state index is 3.21. The minimum Gasteiger partial charge on any atom is -0.365 e. The Balaban J connectivity index is 2.30. The highest BCUT2D eigenvalue weighted by molar-refractivity contribution is 5.11. The zero-order chi connectivity index (χ0) is 11.1. The molecule has 0 spiro atoms. The summed E-state index contributed by atoms with van der Waals surface area (Å²) in [5.74, 6) is 0. The van der Waals surface area contributed by atoms with E-state index in [1.807, 2.05) is 12.3 Å². The maximum absolute atomic E-state index is 3.21. The second-order valence-electron chi connectivity index (χ2n) is 4.27. The van der Waals surface area contributed by atoms with Gasteiger partial charge in [-0.3, -0.25) is 0 Å². The van der Waals surface area contributed by atoms with E-state index in [0.29, 0.717) is 0 Å². The van der Waals surface area contributed by atoms with Crippen LogP contribution in [-0.2, 0) is 6.42 Å². The summed E-state index contributed by atoms with van der Waals surface area (Å²) in [6.07, 6.45) is 9.94. The van der Waals surface area contributed by atoms with Crippen LogP contribution in [0.2, 0.25) is 0 Å². The number of rotatable bonds is 5. The van der Waals surface area contributed by atoms with Crippen molar-refractivity contribution in [3.05, 3.63) is 47.3 Å². The number of aromatic amines is 1. The fourth-order valence-corrected chi connectivity index (χ4v) is 1.47. The van der Waals surface area contributed by atoms with Crippen molar-refractivity contribution in [1.29, 1.82) is 0 Å². The summed E-state index contributed by atoms with van der Waals surface area (Å²) in [5, 5.41) is 0. The van der Waals surface area contributed by atoms with Crippen molar-refractivity contribution >= 4 is 0 Å². The van der Waals surface area contributed by atoms with Crippen molar-refractivity contribution in [3.8, 4) is 0 Å². The van der Waals surface area contributed by atoms with Gasteiger partial charge in [0.15, 0.2) is 0 Å². The molecule has 1 aromatic rings. The highest BCUT2D eigenvalue weighted by Gasteiger charge is 1.91. The first-order valence-corrected chi connectivity index (χ1v) is 5.59. The number of hydrogen-bond donors (Lipinski definition) is 1. The van der Waals surface area contributed by atoms with Gasteiger partial charge in [-0.25, -0.2) is 0 Å². The van der Waals surface area contributed by atoms with Crippen LogP contribution in [0.1, 0.15) is 39.3 Å². The summed E-state index contributed by atoms with van der Waals surface area (Å²) in [6.45, 7) is 6.51. The predicted octanol–water partition coefficient (Wildman–Crippen LogP) is 4.25. The van der Waals surface area contributed by atoms with Gasteiger partial charge in [0, 0.05) is 18.3 Å². The second kappa shape index (κ2) is 6.28. The third-order valence-electron chi connectivity index (χ3n) is 2.42. The van der Waals surface area contributed by atoms with Crippen LogP contribution in [0.15, 0.2) is 41.6 Å². The molecule has 0 aliphatic carbocycles. The van der Waals surface area contributed by atoms with E-state index in [0.717, 1.165) is 12.8 Å². The zero-order valence-corrected chi connectivity index (χ0v) is 10.0. The Labute approximate surface area is 92.9 Å². The van der Waals surface area contributed by atoms with E-state index in [1.165, 1.54) is 23.3 Å². The molecule has 0 bridgehead atoms. The van der Waals surface area contributed by atoms with E-state index in [2.05, 4.69) is 44.0 Å². The number of H-pyrrole nitrogens is 1. The van der Waals surface area contributed by atoms with Gasteiger partial charge in [0.1, 0.15) is 0 Å². The molecule has 1 heteroatoms. The molecule has 1 nitrogen and oxygen atoms in total. The smallest absolute Gasteiger partial charge is 0.0185 e. The fourth-order valence-electron chi connectivity index (χ4n) is 1.47. The Bertz CT molecular complexity index is 324. The van der Waals surface area contributed by atoms with Crippen LogP contribution >= 0.6 is 0 Å². The molecule has 1 rings (SSSR count). The molecule has 0 aromatic carbocycles. The average molecular weight is 203 g/mol. The van der Waals surface area contributed by atoms with Crippen molar-refractivity contribution in [2.24, 2.45) is 0 Å². The van der Waals surface area contributed by atoms with Crippen LogP contribution in [0.3, 0.4) is 0 Å². The molecular formula is C14H21N. The van der Waals surface area contributed by atoms with Gasteiger partial charge in [0.05, 0.1) is 0 Å². The molecule has 0 saturated heterocycles. The van der Waals surface area contributed by atoms with Crippen LogP contribution in [0, 0.1) is 0 Å². The summed E-state index contributed by atoms with van der Waals surface area (Å²) in [4.78, 5) is 3.21. The van der Waals surface area contributed by atoms with Gasteiger partial charge in [0.25, 0.3) is 0 Å². The highest BCUT2D eigenvalue weighted by atomic mass is 14.7. The van der Waals surface area contributed by atoms with E-state index in [-0.39, 0.29) is 0 Å². The number of hydrogen-bond acceptors (Lipinski definition) is 0. The molecule has 0 atom stereocenters. The standard InChI is InChI=1S/C14H21N/c1-12(2)6-4-7-13(3)9-10-14-8-5-11-15-14/h5-6,8-9,11,15H,4,7,10H2,1-3H3/b13-9+. The minimum absolute atomic E-state index is 1.02. The lowest BCUT2D eigenvalue weighted by Gasteiger charge is -1.98. The largest absolute Gasteiger partial charge is 0.365 e. The lowest BCUT2D eigenvalue weighted by Crippen LogP contribution is -1.83. The van der Waals surface area contributed by atoms with Crippen LogP contribution in [0.25, 0.3) is 0 Å². The first-order chi connectivity index (χ1) is 7.18. The van der Waals surface area contributed by atoms with Gasteiger partial charge >= 0.3 is 0 Å². The highest BCUT2D eigenvalue weighted by Crippen LogP contribution is 2.08. The average Bonchev–Trinajstić information content (AvgIpc) is 2.66. The van der Waals surface area contributed by atoms with E-state index < -0.39 is 0 Å². The van der Waals surface area contributed by atoms with Crippen LogP contribution in [-0.4, -0.2) is 4.98 Å². The monoisotopic (exact) mass is 203 g/mol. The zero-order valence-electron chi connectivity index (χ0n) is 10.0. The summed E-state index contributed by atoms with van der Waals surface area (Å²) >= 11 is 0. The lowest BCUT2D eigenvalue weighted by atomic mass is 10.1. The molecule has 1 heterocycles. The number of nitrogens with one attached hydrogen (secondary N) is 1. The number of allylic oxidation sites excluding steroid dienone is 4. The molecule has 0 aliphatic rings. The summed E-state index contributed by atoms with van der Waals surface area (Å²) in [5.41, 5.74) is 4.17. The normalized spacial score (nSPS) is 11.5. The minimum atomic E-state index is 1.02. The lowest BCUT2D eigenvalue weighted by molar-refractivity contribution is 0.952. The Morgan fingerprint density at radius 2 is 2.07 bits per heavy atom. The Morgan fingerprint density at radius 3 is 2.67 bits per heavy atom. The number of aromatic nitrogens is 1. The Kier molecular flexibility index (Phi) is 4.96. The van der Waals surface area contributed by atoms with Gasteiger partial charge in [-0.1, -0.05) is 23.3 Å². The van der Waals surface area contributed by atoms with Crippen molar-refractivity contribution in [1.82, 2.24) is 4.98 Å². The first-order valence-electron chi connectivity index (χ1n) is 5.59. The molecule has 0 fully saturated rings. The fraction of sp³-hybridized carbons (Fsp3) is 0.429. The van der Waals surface area contributed by atoms with Gasteiger partial charge in [-0.15, -0.1) is 0 Å².